The third-order valence-corrected chi connectivity index (χ3v) is 6.98. The number of aromatic nitrogens is 1. The molecule has 1 aromatic heterocycles. The highest BCUT2D eigenvalue weighted by Gasteiger charge is 2.46. The van der Waals surface area contributed by atoms with E-state index < -0.39 is 46.5 Å². The maximum Gasteiger partial charge on any atom is 0.417 e. The zero-order valence-corrected chi connectivity index (χ0v) is 19.4. The van der Waals surface area contributed by atoms with E-state index in [9.17, 15) is 36.2 Å². The van der Waals surface area contributed by atoms with Crippen molar-refractivity contribution in [2.24, 2.45) is 0 Å². The van der Waals surface area contributed by atoms with Crippen molar-refractivity contribution in [1.29, 1.82) is 0 Å². The van der Waals surface area contributed by atoms with Crippen molar-refractivity contribution < 1.29 is 36.2 Å². The van der Waals surface area contributed by atoms with Crippen LogP contribution < -0.4 is 0 Å². The summed E-state index contributed by atoms with van der Waals surface area (Å²) in [5.74, 6) is -1.40. The average molecular weight is 520 g/mol. The number of nitrogens with zero attached hydrogens (tertiary/aromatic N) is 2. The Morgan fingerprint density at radius 3 is 2.38 bits per heavy atom. The molecule has 3 aromatic rings. The standard InChI is InChI=1S/C27H22F6N2O2/c28-26(29,30)18-4-1-3-17(13-18)20-8-9-21(23(27(31,32)33)22(20)16-6-7-16)24(36)35-12-10-25(37,15-35)19-5-2-11-34-14-19/h1-5,8-9,11,13-14,16,37H,6-7,10,12,15H2. The quantitative estimate of drug-likeness (QED) is 0.406. The summed E-state index contributed by atoms with van der Waals surface area (Å²) in [5, 5.41) is 11.0. The van der Waals surface area contributed by atoms with Crippen molar-refractivity contribution in [1.82, 2.24) is 9.88 Å². The number of hydrogen-bond acceptors (Lipinski definition) is 3. The van der Waals surface area contributed by atoms with Crippen LogP contribution in [0.3, 0.4) is 0 Å². The molecule has 0 radical (unpaired) electrons. The van der Waals surface area contributed by atoms with Gasteiger partial charge >= 0.3 is 12.4 Å². The summed E-state index contributed by atoms with van der Waals surface area (Å²) in [5.41, 5.74) is -3.75. The number of hydrogen-bond donors (Lipinski definition) is 1. The molecule has 2 aliphatic rings. The van der Waals surface area contributed by atoms with Gasteiger partial charge in [0, 0.05) is 24.5 Å². The number of aliphatic hydroxyl groups is 1. The van der Waals surface area contributed by atoms with Crippen LogP contribution in [-0.4, -0.2) is 34.0 Å². The van der Waals surface area contributed by atoms with Gasteiger partial charge in [0.15, 0.2) is 0 Å². The number of β-amino-alcohol motifs (C(OH)–C–C–N with tert-alkyl or cyclic N) is 1. The molecule has 1 aliphatic heterocycles. The summed E-state index contributed by atoms with van der Waals surface area (Å²) < 4.78 is 83.4. The number of carbonyl (C=O) groups is 1. The van der Waals surface area contributed by atoms with Gasteiger partial charge in [-0.2, -0.15) is 26.3 Å². The lowest BCUT2D eigenvalue weighted by molar-refractivity contribution is -0.139. The van der Waals surface area contributed by atoms with Crippen molar-refractivity contribution in [2.75, 3.05) is 13.1 Å². The third kappa shape index (κ3) is 4.82. The van der Waals surface area contributed by atoms with Crippen molar-refractivity contribution in [3.8, 4) is 11.1 Å². The number of halogens is 6. The van der Waals surface area contributed by atoms with Gasteiger partial charge in [0.1, 0.15) is 5.60 Å². The fraction of sp³-hybridized carbons (Fsp3) is 0.333. The van der Waals surface area contributed by atoms with E-state index in [1.54, 1.807) is 12.1 Å². The summed E-state index contributed by atoms with van der Waals surface area (Å²) in [6, 6.07) is 9.78. The average Bonchev–Trinajstić information content (AvgIpc) is 3.63. The first-order chi connectivity index (χ1) is 17.4. The lowest BCUT2D eigenvalue weighted by Crippen LogP contribution is -2.35. The molecule has 37 heavy (non-hydrogen) atoms. The van der Waals surface area contributed by atoms with Crippen molar-refractivity contribution in [2.45, 2.75) is 43.1 Å². The van der Waals surface area contributed by atoms with Crippen LogP contribution in [0.15, 0.2) is 60.9 Å². The van der Waals surface area contributed by atoms with Gasteiger partial charge in [-0.1, -0.05) is 24.3 Å². The first-order valence-electron chi connectivity index (χ1n) is 11.7. The normalized spacial score (nSPS) is 20.4. The van der Waals surface area contributed by atoms with Gasteiger partial charge in [-0.15, -0.1) is 0 Å². The van der Waals surface area contributed by atoms with E-state index in [-0.39, 0.29) is 36.2 Å². The van der Waals surface area contributed by atoms with Crippen LogP contribution in [0.25, 0.3) is 11.1 Å². The lowest BCUT2D eigenvalue weighted by Gasteiger charge is -2.26. The summed E-state index contributed by atoms with van der Waals surface area (Å²) >= 11 is 0. The molecule has 1 amide bonds. The van der Waals surface area contributed by atoms with Crippen LogP contribution in [0, 0.1) is 0 Å². The van der Waals surface area contributed by atoms with Crippen LogP contribution in [0.1, 0.15) is 57.8 Å². The first kappa shape index (κ1) is 25.3. The molecule has 4 nitrogen and oxygen atoms in total. The van der Waals surface area contributed by atoms with Gasteiger partial charge < -0.3 is 10.0 Å². The van der Waals surface area contributed by atoms with Crippen LogP contribution in [0.2, 0.25) is 0 Å². The molecule has 2 heterocycles. The summed E-state index contributed by atoms with van der Waals surface area (Å²) in [7, 11) is 0. The van der Waals surface area contributed by atoms with Gasteiger partial charge in [-0.3, -0.25) is 9.78 Å². The highest BCUT2D eigenvalue weighted by atomic mass is 19.4. The smallest absolute Gasteiger partial charge is 0.383 e. The Bertz CT molecular complexity index is 1330. The van der Waals surface area contributed by atoms with E-state index in [2.05, 4.69) is 4.98 Å². The highest BCUT2D eigenvalue weighted by Crippen LogP contribution is 2.51. The molecule has 5 rings (SSSR count). The van der Waals surface area contributed by atoms with E-state index in [1.807, 2.05) is 0 Å². The predicted octanol–water partition coefficient (Wildman–Crippen LogP) is 6.40. The fourth-order valence-electron chi connectivity index (χ4n) is 5.03. The Balaban J connectivity index is 1.58. The second kappa shape index (κ2) is 8.86. The number of pyridine rings is 1. The van der Waals surface area contributed by atoms with E-state index in [0.29, 0.717) is 18.4 Å². The van der Waals surface area contributed by atoms with E-state index >= 15 is 0 Å². The molecule has 2 fully saturated rings. The second-order valence-corrected chi connectivity index (χ2v) is 9.55. The Morgan fingerprint density at radius 1 is 1.00 bits per heavy atom. The number of alkyl halides is 6. The molecule has 1 atom stereocenters. The van der Waals surface area contributed by atoms with Gasteiger partial charge in [-0.05, 0) is 66.1 Å². The number of likely N-dealkylation sites (tertiary alicyclic amines) is 1. The fourth-order valence-corrected chi connectivity index (χ4v) is 5.03. The molecular formula is C27H22F6N2O2. The number of amides is 1. The summed E-state index contributed by atoms with van der Waals surface area (Å²) in [6.07, 6.45) is -5.59. The molecule has 0 bridgehead atoms. The minimum Gasteiger partial charge on any atom is -0.383 e. The van der Waals surface area contributed by atoms with Crippen molar-refractivity contribution in [3.63, 3.8) is 0 Å². The molecule has 1 aliphatic carbocycles. The third-order valence-electron chi connectivity index (χ3n) is 6.98. The molecular weight excluding hydrogens is 498 g/mol. The van der Waals surface area contributed by atoms with E-state index in [4.69, 9.17) is 0 Å². The van der Waals surface area contributed by atoms with Gasteiger partial charge in [0.2, 0.25) is 0 Å². The summed E-state index contributed by atoms with van der Waals surface area (Å²) in [6.45, 7) is -0.168. The Kier molecular flexibility index (Phi) is 6.05. The largest absolute Gasteiger partial charge is 0.417 e. The zero-order valence-electron chi connectivity index (χ0n) is 19.4. The minimum atomic E-state index is -4.92. The monoisotopic (exact) mass is 520 g/mol. The van der Waals surface area contributed by atoms with E-state index in [1.165, 1.54) is 29.4 Å². The topological polar surface area (TPSA) is 53.4 Å². The Labute approximate surface area is 208 Å². The maximum atomic E-state index is 14.5. The molecule has 1 saturated heterocycles. The lowest BCUT2D eigenvalue weighted by atomic mass is 9.87. The summed E-state index contributed by atoms with van der Waals surface area (Å²) in [4.78, 5) is 18.6. The first-order valence-corrected chi connectivity index (χ1v) is 11.7. The van der Waals surface area contributed by atoms with Gasteiger partial charge in [0.25, 0.3) is 5.91 Å². The van der Waals surface area contributed by atoms with Gasteiger partial charge in [0.05, 0.1) is 23.2 Å². The molecule has 1 saturated carbocycles. The second-order valence-electron chi connectivity index (χ2n) is 9.55. The van der Waals surface area contributed by atoms with Crippen LogP contribution >= 0.6 is 0 Å². The Morgan fingerprint density at radius 2 is 1.76 bits per heavy atom. The van der Waals surface area contributed by atoms with Crippen molar-refractivity contribution >= 4 is 5.91 Å². The van der Waals surface area contributed by atoms with Crippen LogP contribution in [0.4, 0.5) is 26.3 Å². The highest BCUT2D eigenvalue weighted by molar-refractivity contribution is 5.98. The number of carbonyl (C=O) groups excluding carboxylic acids is 1. The molecule has 10 heteroatoms. The maximum absolute atomic E-state index is 14.5. The van der Waals surface area contributed by atoms with Crippen LogP contribution in [-0.2, 0) is 18.0 Å². The Hall–Kier alpha value is -3.40. The number of benzene rings is 2. The SMILES string of the molecule is O=C(c1ccc(-c2cccc(C(F)(F)F)c2)c(C2CC2)c1C(F)(F)F)N1CCC(O)(c2cccnc2)C1. The molecule has 1 N–H and O–H groups in total. The molecule has 194 valence electrons. The van der Waals surface area contributed by atoms with E-state index in [0.717, 1.165) is 24.3 Å². The van der Waals surface area contributed by atoms with Crippen LogP contribution in [0.5, 0.6) is 0 Å². The molecule has 1 unspecified atom stereocenters. The molecule has 2 aromatic carbocycles. The zero-order chi connectivity index (χ0) is 26.6. The predicted molar refractivity (Wildman–Crippen MR) is 123 cm³/mol. The minimum absolute atomic E-state index is 0.00773. The molecule has 0 spiro atoms. The van der Waals surface area contributed by atoms with Gasteiger partial charge in [-0.25, -0.2) is 0 Å². The van der Waals surface area contributed by atoms with Crippen molar-refractivity contribution in [3.05, 3.63) is 88.7 Å². The number of rotatable bonds is 4.